The number of hydrogen-bond acceptors (Lipinski definition) is 2. The molecule has 2 N–H and O–H groups in total. The largest absolute Gasteiger partial charge is 0.392 e. The van der Waals surface area contributed by atoms with E-state index in [1.165, 1.54) is 0 Å². The highest BCUT2D eigenvalue weighted by molar-refractivity contribution is 5.92. The lowest BCUT2D eigenvalue weighted by molar-refractivity contribution is -0.117. The number of benzene rings is 1. The van der Waals surface area contributed by atoms with Gasteiger partial charge in [0, 0.05) is 12.1 Å². The molecule has 1 rings (SSSR count). The molecule has 100 valence electrons. The molecule has 0 atom stereocenters. The number of aryl methyl sites for hydroxylation is 2. The molecule has 3 heteroatoms. The Morgan fingerprint density at radius 3 is 2.11 bits per heavy atom. The van der Waals surface area contributed by atoms with E-state index in [1.807, 2.05) is 46.8 Å². The Labute approximate surface area is 109 Å². The van der Waals surface area contributed by atoms with E-state index in [0.717, 1.165) is 22.4 Å². The Kier molecular flexibility index (Phi) is 4.52. The van der Waals surface area contributed by atoms with Gasteiger partial charge in [0.05, 0.1) is 6.61 Å². The van der Waals surface area contributed by atoms with Crippen LogP contribution in [0.1, 0.15) is 43.9 Å². The molecule has 0 radical (unpaired) electrons. The number of amides is 1. The third-order valence-electron chi connectivity index (χ3n) is 2.73. The molecule has 0 aliphatic carbocycles. The fraction of sp³-hybridized carbons (Fsp3) is 0.533. The molecule has 1 aromatic rings. The zero-order chi connectivity index (χ0) is 13.9. The second-order valence-electron chi connectivity index (χ2n) is 6.05. The standard InChI is InChI=1S/C15H23NO2/c1-10-6-12(9-17)7-11(2)14(10)16-13(18)8-15(3,4)5/h6-7,17H,8-9H2,1-5H3,(H,16,18). The quantitative estimate of drug-likeness (QED) is 0.864. The lowest BCUT2D eigenvalue weighted by atomic mass is 9.92. The molecule has 0 aromatic heterocycles. The van der Waals surface area contributed by atoms with Gasteiger partial charge in [0.1, 0.15) is 0 Å². The van der Waals surface area contributed by atoms with Crippen molar-refractivity contribution in [1.82, 2.24) is 0 Å². The van der Waals surface area contributed by atoms with Crippen molar-refractivity contribution >= 4 is 11.6 Å². The molecule has 0 unspecified atom stereocenters. The monoisotopic (exact) mass is 249 g/mol. The zero-order valence-electron chi connectivity index (χ0n) is 11.9. The van der Waals surface area contributed by atoms with Crippen molar-refractivity contribution in [3.63, 3.8) is 0 Å². The molecule has 0 bridgehead atoms. The number of aliphatic hydroxyl groups is 1. The van der Waals surface area contributed by atoms with E-state index in [2.05, 4.69) is 5.32 Å². The minimum absolute atomic E-state index is 0.0169. The molecule has 0 aliphatic rings. The van der Waals surface area contributed by atoms with Crippen LogP contribution in [-0.2, 0) is 11.4 Å². The van der Waals surface area contributed by atoms with Crippen LogP contribution in [0.2, 0.25) is 0 Å². The molecule has 1 aromatic carbocycles. The maximum absolute atomic E-state index is 11.9. The fourth-order valence-electron chi connectivity index (χ4n) is 2.01. The Balaban J connectivity index is 2.88. The Hall–Kier alpha value is -1.35. The van der Waals surface area contributed by atoms with E-state index in [9.17, 15) is 4.79 Å². The van der Waals surface area contributed by atoms with Crippen LogP contribution in [0.15, 0.2) is 12.1 Å². The number of aliphatic hydroxyl groups excluding tert-OH is 1. The summed E-state index contributed by atoms with van der Waals surface area (Å²) >= 11 is 0. The Morgan fingerprint density at radius 2 is 1.72 bits per heavy atom. The van der Waals surface area contributed by atoms with E-state index in [0.29, 0.717) is 6.42 Å². The lowest BCUT2D eigenvalue weighted by Gasteiger charge is -2.19. The van der Waals surface area contributed by atoms with E-state index in [4.69, 9.17) is 5.11 Å². The van der Waals surface area contributed by atoms with Crippen molar-refractivity contribution in [2.75, 3.05) is 5.32 Å². The molecular weight excluding hydrogens is 226 g/mol. The number of anilines is 1. The average molecular weight is 249 g/mol. The van der Waals surface area contributed by atoms with Gasteiger partial charge in [-0.1, -0.05) is 32.9 Å². The van der Waals surface area contributed by atoms with Crippen LogP contribution >= 0.6 is 0 Å². The lowest BCUT2D eigenvalue weighted by Crippen LogP contribution is -2.20. The summed E-state index contributed by atoms with van der Waals surface area (Å²) in [4.78, 5) is 11.9. The summed E-state index contributed by atoms with van der Waals surface area (Å²) in [5.41, 5.74) is 3.69. The predicted octanol–water partition coefficient (Wildman–Crippen LogP) is 3.17. The van der Waals surface area contributed by atoms with Crippen LogP contribution in [0.5, 0.6) is 0 Å². The zero-order valence-corrected chi connectivity index (χ0v) is 11.9. The first-order valence-electron chi connectivity index (χ1n) is 6.24. The highest BCUT2D eigenvalue weighted by Crippen LogP contribution is 2.24. The minimum atomic E-state index is -0.0169. The van der Waals surface area contributed by atoms with Gasteiger partial charge in [-0.2, -0.15) is 0 Å². The van der Waals surface area contributed by atoms with E-state index >= 15 is 0 Å². The highest BCUT2D eigenvalue weighted by atomic mass is 16.3. The van der Waals surface area contributed by atoms with Gasteiger partial charge in [-0.25, -0.2) is 0 Å². The van der Waals surface area contributed by atoms with Crippen molar-refractivity contribution in [1.29, 1.82) is 0 Å². The van der Waals surface area contributed by atoms with Crippen molar-refractivity contribution < 1.29 is 9.90 Å². The van der Waals surface area contributed by atoms with Crippen LogP contribution in [0.3, 0.4) is 0 Å². The first kappa shape index (κ1) is 14.7. The summed E-state index contributed by atoms with van der Waals surface area (Å²) in [5, 5.41) is 12.1. The van der Waals surface area contributed by atoms with Crippen molar-refractivity contribution in [2.24, 2.45) is 5.41 Å². The van der Waals surface area contributed by atoms with Crippen LogP contribution in [-0.4, -0.2) is 11.0 Å². The van der Waals surface area contributed by atoms with Gasteiger partial charge in [-0.15, -0.1) is 0 Å². The molecule has 0 spiro atoms. The summed E-state index contributed by atoms with van der Waals surface area (Å²) in [5.74, 6) is 0.0328. The third-order valence-corrected chi connectivity index (χ3v) is 2.73. The predicted molar refractivity (Wildman–Crippen MR) is 74.5 cm³/mol. The number of rotatable bonds is 3. The molecule has 0 fully saturated rings. The number of nitrogens with one attached hydrogen (secondary N) is 1. The van der Waals surface area contributed by atoms with Gasteiger partial charge in [-0.05, 0) is 36.0 Å². The molecule has 0 aliphatic heterocycles. The summed E-state index contributed by atoms with van der Waals surface area (Å²) in [6.07, 6.45) is 0.494. The molecule has 0 saturated carbocycles. The molecular formula is C15H23NO2. The van der Waals surface area contributed by atoms with Crippen LogP contribution in [0.4, 0.5) is 5.69 Å². The second kappa shape index (κ2) is 5.53. The Morgan fingerprint density at radius 1 is 1.22 bits per heavy atom. The van der Waals surface area contributed by atoms with Crippen LogP contribution in [0.25, 0.3) is 0 Å². The van der Waals surface area contributed by atoms with E-state index < -0.39 is 0 Å². The minimum Gasteiger partial charge on any atom is -0.392 e. The maximum Gasteiger partial charge on any atom is 0.224 e. The Bertz CT molecular complexity index is 421. The fourth-order valence-corrected chi connectivity index (χ4v) is 2.01. The summed E-state index contributed by atoms with van der Waals surface area (Å²) in [6.45, 7) is 10.0. The topological polar surface area (TPSA) is 49.3 Å². The van der Waals surface area contributed by atoms with Crippen LogP contribution < -0.4 is 5.32 Å². The normalized spacial score (nSPS) is 11.4. The van der Waals surface area contributed by atoms with Gasteiger partial charge < -0.3 is 10.4 Å². The van der Waals surface area contributed by atoms with Gasteiger partial charge >= 0.3 is 0 Å². The number of hydrogen-bond donors (Lipinski definition) is 2. The first-order chi connectivity index (χ1) is 8.23. The first-order valence-corrected chi connectivity index (χ1v) is 6.24. The van der Waals surface area contributed by atoms with Gasteiger partial charge in [0.15, 0.2) is 0 Å². The summed E-state index contributed by atoms with van der Waals surface area (Å²) in [6, 6.07) is 3.80. The average Bonchev–Trinajstić information content (AvgIpc) is 2.20. The second-order valence-corrected chi connectivity index (χ2v) is 6.05. The number of carbonyl (C=O) groups excluding carboxylic acids is 1. The summed E-state index contributed by atoms with van der Waals surface area (Å²) < 4.78 is 0. The molecule has 1 amide bonds. The van der Waals surface area contributed by atoms with Gasteiger partial charge in [-0.3, -0.25) is 4.79 Å². The maximum atomic E-state index is 11.9. The third kappa shape index (κ3) is 4.15. The molecule has 0 heterocycles. The molecule has 0 saturated heterocycles. The summed E-state index contributed by atoms with van der Waals surface area (Å²) in [7, 11) is 0. The SMILES string of the molecule is Cc1cc(CO)cc(C)c1NC(=O)CC(C)(C)C. The van der Waals surface area contributed by atoms with E-state index in [-0.39, 0.29) is 17.9 Å². The van der Waals surface area contributed by atoms with Gasteiger partial charge in [0.2, 0.25) is 5.91 Å². The highest BCUT2D eigenvalue weighted by Gasteiger charge is 2.17. The smallest absolute Gasteiger partial charge is 0.224 e. The van der Waals surface area contributed by atoms with Crippen LogP contribution in [0, 0.1) is 19.3 Å². The number of carbonyl (C=O) groups is 1. The molecule has 18 heavy (non-hydrogen) atoms. The van der Waals surface area contributed by atoms with Crippen molar-refractivity contribution in [3.8, 4) is 0 Å². The van der Waals surface area contributed by atoms with Crippen molar-refractivity contribution in [2.45, 2.75) is 47.6 Å². The van der Waals surface area contributed by atoms with E-state index in [1.54, 1.807) is 0 Å². The molecule has 3 nitrogen and oxygen atoms in total. The van der Waals surface area contributed by atoms with Crippen molar-refractivity contribution in [3.05, 3.63) is 28.8 Å². The van der Waals surface area contributed by atoms with Gasteiger partial charge in [0.25, 0.3) is 0 Å².